The van der Waals surface area contributed by atoms with Crippen molar-refractivity contribution in [3.63, 3.8) is 0 Å². The van der Waals surface area contributed by atoms with Gasteiger partial charge in [-0.3, -0.25) is 4.79 Å². The Morgan fingerprint density at radius 2 is 1.76 bits per heavy atom. The van der Waals surface area contributed by atoms with Crippen LogP contribution in [0, 0.1) is 6.92 Å². The molecule has 25 heavy (non-hydrogen) atoms. The first-order valence-electron chi connectivity index (χ1n) is 7.50. The fourth-order valence-electron chi connectivity index (χ4n) is 2.26. The summed E-state index contributed by atoms with van der Waals surface area (Å²) < 4.78 is 10.3. The Kier molecular flexibility index (Phi) is 4.56. The second kappa shape index (κ2) is 6.96. The van der Waals surface area contributed by atoms with Gasteiger partial charge in [0.05, 0.1) is 5.56 Å². The molecular formula is C18H15N3O4. The Balaban J connectivity index is 1.77. The maximum atomic E-state index is 12.3. The molecular weight excluding hydrogens is 322 g/mol. The Morgan fingerprint density at radius 1 is 1.08 bits per heavy atom. The van der Waals surface area contributed by atoms with E-state index < -0.39 is 18.0 Å². The second-order valence-corrected chi connectivity index (χ2v) is 5.32. The maximum absolute atomic E-state index is 12.3. The lowest BCUT2D eigenvalue weighted by atomic mass is 10.1. The quantitative estimate of drug-likeness (QED) is 0.716. The number of benzene rings is 2. The topological polar surface area (TPSA) is 108 Å². The van der Waals surface area contributed by atoms with Crippen molar-refractivity contribution in [2.45, 2.75) is 13.0 Å². The van der Waals surface area contributed by atoms with Crippen LogP contribution in [-0.2, 0) is 9.53 Å². The minimum absolute atomic E-state index is 0.280. The molecule has 7 heteroatoms. The molecule has 0 bridgehead atoms. The lowest BCUT2D eigenvalue weighted by Crippen LogP contribution is -2.26. The van der Waals surface area contributed by atoms with Crippen LogP contribution in [0.5, 0.6) is 0 Å². The Hall–Kier alpha value is -3.48. The Bertz CT molecular complexity index is 888. The first kappa shape index (κ1) is 16.4. The standard InChI is InChI=1S/C18H15N3O4/c1-11-20-17(25-21-11)13-7-9-14(10-8-13)18(23)24-15(16(19)22)12-5-3-2-4-6-12/h2-10,15H,1H3,(H2,19,22). The van der Waals surface area contributed by atoms with Crippen LogP contribution < -0.4 is 5.73 Å². The van der Waals surface area contributed by atoms with Crippen molar-refractivity contribution in [3.05, 3.63) is 71.5 Å². The Labute approximate surface area is 143 Å². The number of primary amides is 1. The highest BCUT2D eigenvalue weighted by Gasteiger charge is 2.23. The third kappa shape index (κ3) is 3.72. The number of carbonyl (C=O) groups is 2. The molecule has 0 aliphatic carbocycles. The first-order chi connectivity index (χ1) is 12.0. The zero-order chi connectivity index (χ0) is 17.8. The summed E-state index contributed by atoms with van der Waals surface area (Å²) in [6.45, 7) is 1.71. The van der Waals surface area contributed by atoms with Crippen LogP contribution in [0.15, 0.2) is 59.1 Å². The van der Waals surface area contributed by atoms with Crippen molar-refractivity contribution in [3.8, 4) is 11.5 Å². The zero-order valence-corrected chi connectivity index (χ0v) is 13.4. The molecule has 0 aliphatic rings. The van der Waals surface area contributed by atoms with E-state index in [0.29, 0.717) is 22.8 Å². The van der Waals surface area contributed by atoms with E-state index in [9.17, 15) is 9.59 Å². The number of nitrogens with zero attached hydrogens (tertiary/aromatic N) is 2. The maximum Gasteiger partial charge on any atom is 0.339 e. The molecule has 0 spiro atoms. The largest absolute Gasteiger partial charge is 0.444 e. The van der Waals surface area contributed by atoms with Crippen molar-refractivity contribution in [1.29, 1.82) is 0 Å². The molecule has 1 aromatic heterocycles. The molecule has 0 aliphatic heterocycles. The highest BCUT2D eigenvalue weighted by atomic mass is 16.5. The average Bonchev–Trinajstić information content (AvgIpc) is 3.06. The van der Waals surface area contributed by atoms with Gasteiger partial charge >= 0.3 is 5.97 Å². The molecule has 0 saturated carbocycles. The van der Waals surface area contributed by atoms with Gasteiger partial charge in [-0.25, -0.2) is 4.79 Å². The van der Waals surface area contributed by atoms with E-state index in [1.54, 1.807) is 61.5 Å². The van der Waals surface area contributed by atoms with Gasteiger partial charge in [-0.15, -0.1) is 0 Å². The van der Waals surface area contributed by atoms with E-state index >= 15 is 0 Å². The van der Waals surface area contributed by atoms with Gasteiger partial charge in [-0.1, -0.05) is 35.5 Å². The normalized spacial score (nSPS) is 11.7. The fraction of sp³-hybridized carbons (Fsp3) is 0.111. The summed E-state index contributed by atoms with van der Waals surface area (Å²) in [5, 5.41) is 3.71. The summed E-state index contributed by atoms with van der Waals surface area (Å²) >= 11 is 0. The lowest BCUT2D eigenvalue weighted by molar-refractivity contribution is -0.127. The predicted molar refractivity (Wildman–Crippen MR) is 88.3 cm³/mol. The summed E-state index contributed by atoms with van der Waals surface area (Å²) in [4.78, 5) is 28.0. The second-order valence-electron chi connectivity index (χ2n) is 5.32. The van der Waals surface area contributed by atoms with Gasteiger partial charge in [-0.05, 0) is 31.2 Å². The number of esters is 1. The molecule has 126 valence electrons. The molecule has 1 heterocycles. The minimum atomic E-state index is -1.15. The first-order valence-corrected chi connectivity index (χ1v) is 7.50. The van der Waals surface area contributed by atoms with Crippen LogP contribution in [-0.4, -0.2) is 22.0 Å². The van der Waals surface area contributed by atoms with E-state index in [-0.39, 0.29) is 5.56 Å². The molecule has 3 aromatic rings. The average molecular weight is 337 g/mol. The highest BCUT2D eigenvalue weighted by molar-refractivity contribution is 5.92. The van der Waals surface area contributed by atoms with E-state index in [4.69, 9.17) is 15.0 Å². The zero-order valence-electron chi connectivity index (χ0n) is 13.4. The predicted octanol–water partition coefficient (Wildman–Crippen LogP) is 2.43. The summed E-state index contributed by atoms with van der Waals surface area (Å²) in [5.41, 5.74) is 6.82. The van der Waals surface area contributed by atoms with E-state index in [1.165, 1.54) is 0 Å². The molecule has 0 fully saturated rings. The third-order valence-electron chi connectivity index (χ3n) is 3.48. The molecule has 3 rings (SSSR count). The van der Waals surface area contributed by atoms with Gasteiger partial charge in [-0.2, -0.15) is 4.98 Å². The molecule has 2 aromatic carbocycles. The molecule has 0 radical (unpaired) electrons. The summed E-state index contributed by atoms with van der Waals surface area (Å²) in [6.07, 6.45) is -1.15. The number of aryl methyl sites for hydroxylation is 1. The van der Waals surface area contributed by atoms with Crippen molar-refractivity contribution < 1.29 is 18.8 Å². The van der Waals surface area contributed by atoms with Gasteiger partial charge in [0.15, 0.2) is 5.82 Å². The molecule has 1 atom stereocenters. The van der Waals surface area contributed by atoms with Gasteiger partial charge in [0.1, 0.15) is 0 Å². The highest BCUT2D eigenvalue weighted by Crippen LogP contribution is 2.21. The number of aromatic nitrogens is 2. The molecule has 7 nitrogen and oxygen atoms in total. The van der Waals surface area contributed by atoms with Crippen LogP contribution in [0.25, 0.3) is 11.5 Å². The Morgan fingerprint density at radius 3 is 2.32 bits per heavy atom. The number of nitrogens with two attached hydrogens (primary N) is 1. The fourth-order valence-corrected chi connectivity index (χ4v) is 2.26. The van der Waals surface area contributed by atoms with Crippen molar-refractivity contribution >= 4 is 11.9 Å². The smallest absolute Gasteiger partial charge is 0.339 e. The van der Waals surface area contributed by atoms with E-state index in [2.05, 4.69) is 10.1 Å². The van der Waals surface area contributed by atoms with Crippen LogP contribution in [0.4, 0.5) is 0 Å². The van der Waals surface area contributed by atoms with Gasteiger partial charge in [0.25, 0.3) is 11.8 Å². The van der Waals surface area contributed by atoms with Gasteiger partial charge in [0.2, 0.25) is 6.10 Å². The number of hydrogen-bond acceptors (Lipinski definition) is 6. The van der Waals surface area contributed by atoms with Crippen molar-refractivity contribution in [2.24, 2.45) is 5.73 Å². The van der Waals surface area contributed by atoms with Crippen LogP contribution in [0.2, 0.25) is 0 Å². The summed E-state index contributed by atoms with van der Waals surface area (Å²) in [7, 11) is 0. The molecule has 1 amide bonds. The number of carbonyl (C=O) groups excluding carboxylic acids is 2. The number of rotatable bonds is 5. The molecule has 0 saturated heterocycles. The number of ether oxygens (including phenoxy) is 1. The monoisotopic (exact) mass is 337 g/mol. The number of amides is 1. The SMILES string of the molecule is Cc1noc(-c2ccc(C(=O)OC(C(N)=O)c3ccccc3)cc2)n1. The molecule has 1 unspecified atom stereocenters. The lowest BCUT2D eigenvalue weighted by Gasteiger charge is -2.15. The van der Waals surface area contributed by atoms with Crippen LogP contribution in [0.3, 0.4) is 0 Å². The molecule has 2 N–H and O–H groups in total. The van der Waals surface area contributed by atoms with Gasteiger partial charge < -0.3 is 15.0 Å². The summed E-state index contributed by atoms with van der Waals surface area (Å²) in [6, 6.07) is 15.0. The summed E-state index contributed by atoms with van der Waals surface area (Å²) in [5.74, 6) is -0.513. The van der Waals surface area contributed by atoms with E-state index in [0.717, 1.165) is 0 Å². The van der Waals surface area contributed by atoms with Gasteiger partial charge in [0, 0.05) is 11.1 Å². The van der Waals surface area contributed by atoms with Crippen molar-refractivity contribution in [2.75, 3.05) is 0 Å². The minimum Gasteiger partial charge on any atom is -0.444 e. The van der Waals surface area contributed by atoms with E-state index in [1.807, 2.05) is 0 Å². The number of hydrogen-bond donors (Lipinski definition) is 1. The van der Waals surface area contributed by atoms with Crippen LogP contribution >= 0.6 is 0 Å². The van der Waals surface area contributed by atoms with Crippen LogP contribution in [0.1, 0.15) is 27.8 Å². The third-order valence-corrected chi connectivity index (χ3v) is 3.48. The van der Waals surface area contributed by atoms with Crippen molar-refractivity contribution in [1.82, 2.24) is 10.1 Å².